The number of amides is 2. The number of benzene rings is 1. The van der Waals surface area contributed by atoms with Gasteiger partial charge in [0.2, 0.25) is 10.0 Å². The molecule has 1 heterocycles. The SMILES string of the molecule is CCNC(=O)NCCS(=O)(=O)N1CCN(c2cccc(C)c2)CC1. The van der Waals surface area contributed by atoms with E-state index in [0.29, 0.717) is 32.7 Å². The van der Waals surface area contributed by atoms with Crippen LogP contribution in [0.4, 0.5) is 10.5 Å². The third-order valence-corrected chi connectivity index (χ3v) is 5.85. The van der Waals surface area contributed by atoms with Crippen LogP contribution in [0.3, 0.4) is 0 Å². The third kappa shape index (κ3) is 5.10. The highest BCUT2D eigenvalue weighted by molar-refractivity contribution is 7.89. The Labute approximate surface area is 144 Å². The monoisotopic (exact) mass is 354 g/mol. The van der Waals surface area contributed by atoms with Gasteiger partial charge in [0, 0.05) is 45.0 Å². The molecule has 0 bridgehead atoms. The van der Waals surface area contributed by atoms with E-state index in [1.54, 1.807) is 0 Å². The molecule has 0 saturated carbocycles. The van der Waals surface area contributed by atoms with Gasteiger partial charge in [0.1, 0.15) is 0 Å². The summed E-state index contributed by atoms with van der Waals surface area (Å²) in [6.07, 6.45) is 0. The second kappa shape index (κ2) is 8.34. The molecule has 7 nitrogen and oxygen atoms in total. The lowest BCUT2D eigenvalue weighted by Crippen LogP contribution is -2.50. The van der Waals surface area contributed by atoms with Crippen LogP contribution in [0.25, 0.3) is 0 Å². The summed E-state index contributed by atoms with van der Waals surface area (Å²) < 4.78 is 26.2. The van der Waals surface area contributed by atoms with Crippen molar-refractivity contribution in [3.8, 4) is 0 Å². The van der Waals surface area contributed by atoms with Crippen LogP contribution in [-0.4, -0.2) is 63.8 Å². The van der Waals surface area contributed by atoms with Crippen molar-refractivity contribution in [3.05, 3.63) is 29.8 Å². The van der Waals surface area contributed by atoms with Gasteiger partial charge < -0.3 is 15.5 Å². The summed E-state index contributed by atoms with van der Waals surface area (Å²) in [5.74, 6) is -0.0748. The first-order valence-corrected chi connectivity index (χ1v) is 9.84. The molecule has 0 aliphatic carbocycles. The van der Waals surface area contributed by atoms with Gasteiger partial charge in [-0.3, -0.25) is 0 Å². The number of rotatable bonds is 6. The zero-order valence-corrected chi connectivity index (χ0v) is 15.1. The van der Waals surface area contributed by atoms with Crippen LogP contribution in [0.15, 0.2) is 24.3 Å². The van der Waals surface area contributed by atoms with Gasteiger partial charge in [-0.15, -0.1) is 0 Å². The summed E-state index contributed by atoms with van der Waals surface area (Å²) in [5, 5.41) is 5.13. The molecule has 2 N–H and O–H groups in total. The maximum Gasteiger partial charge on any atom is 0.314 e. The maximum atomic E-state index is 12.4. The smallest absolute Gasteiger partial charge is 0.314 e. The zero-order valence-electron chi connectivity index (χ0n) is 14.3. The Morgan fingerprint density at radius 1 is 1.17 bits per heavy atom. The number of hydrogen-bond donors (Lipinski definition) is 2. The molecule has 1 aromatic carbocycles. The zero-order chi connectivity index (χ0) is 17.6. The molecule has 1 aliphatic heterocycles. The van der Waals surface area contributed by atoms with Crippen LogP contribution in [0.1, 0.15) is 12.5 Å². The number of urea groups is 1. The predicted octanol–water partition coefficient (Wildman–Crippen LogP) is 0.766. The molecule has 1 fully saturated rings. The molecule has 1 aliphatic rings. The molecule has 0 radical (unpaired) electrons. The van der Waals surface area contributed by atoms with Crippen LogP contribution in [0.2, 0.25) is 0 Å². The van der Waals surface area contributed by atoms with Crippen LogP contribution in [0.5, 0.6) is 0 Å². The molecule has 134 valence electrons. The Morgan fingerprint density at radius 3 is 2.50 bits per heavy atom. The average molecular weight is 354 g/mol. The minimum absolute atomic E-state index is 0.0748. The summed E-state index contributed by atoms with van der Waals surface area (Å²) in [5.41, 5.74) is 2.32. The van der Waals surface area contributed by atoms with Gasteiger partial charge in [0.25, 0.3) is 0 Å². The summed E-state index contributed by atoms with van der Waals surface area (Å²) in [7, 11) is -3.34. The highest BCUT2D eigenvalue weighted by Gasteiger charge is 2.26. The Balaban J connectivity index is 1.83. The van der Waals surface area contributed by atoms with E-state index in [4.69, 9.17) is 0 Å². The van der Waals surface area contributed by atoms with E-state index in [0.717, 1.165) is 5.69 Å². The third-order valence-electron chi connectivity index (χ3n) is 3.98. The van der Waals surface area contributed by atoms with E-state index in [1.807, 2.05) is 32.0 Å². The van der Waals surface area contributed by atoms with Crippen molar-refractivity contribution in [1.29, 1.82) is 0 Å². The first-order valence-electron chi connectivity index (χ1n) is 8.23. The van der Waals surface area contributed by atoms with E-state index < -0.39 is 10.0 Å². The Bertz CT molecular complexity index is 655. The van der Waals surface area contributed by atoms with Crippen molar-refractivity contribution in [2.75, 3.05) is 49.9 Å². The first kappa shape index (κ1) is 18.5. The minimum Gasteiger partial charge on any atom is -0.369 e. The topological polar surface area (TPSA) is 81.8 Å². The second-order valence-corrected chi connectivity index (χ2v) is 7.92. The fraction of sp³-hybridized carbons (Fsp3) is 0.562. The van der Waals surface area contributed by atoms with E-state index in [-0.39, 0.29) is 18.3 Å². The molecule has 0 atom stereocenters. The molecule has 1 aromatic rings. The highest BCUT2D eigenvalue weighted by atomic mass is 32.2. The summed E-state index contributed by atoms with van der Waals surface area (Å²) in [6.45, 7) is 6.77. The number of carbonyl (C=O) groups excluding carboxylic acids is 1. The van der Waals surface area contributed by atoms with Crippen LogP contribution >= 0.6 is 0 Å². The normalized spacial score (nSPS) is 16.0. The molecular weight excluding hydrogens is 328 g/mol. The number of nitrogens with one attached hydrogen (secondary N) is 2. The molecule has 2 rings (SSSR count). The lowest BCUT2D eigenvalue weighted by molar-refractivity contribution is 0.242. The summed E-state index contributed by atoms with van der Waals surface area (Å²) in [6, 6.07) is 7.89. The Hall–Kier alpha value is -1.80. The second-order valence-electron chi connectivity index (χ2n) is 5.83. The molecule has 8 heteroatoms. The average Bonchev–Trinajstić information content (AvgIpc) is 2.55. The molecule has 2 amide bonds. The van der Waals surface area contributed by atoms with Crippen molar-refractivity contribution in [2.24, 2.45) is 0 Å². The van der Waals surface area contributed by atoms with Crippen molar-refractivity contribution in [3.63, 3.8) is 0 Å². The van der Waals surface area contributed by atoms with Gasteiger partial charge in [-0.1, -0.05) is 12.1 Å². The van der Waals surface area contributed by atoms with Gasteiger partial charge in [-0.05, 0) is 31.5 Å². The van der Waals surface area contributed by atoms with Crippen LogP contribution in [0, 0.1) is 6.92 Å². The van der Waals surface area contributed by atoms with Crippen molar-refractivity contribution in [1.82, 2.24) is 14.9 Å². The van der Waals surface area contributed by atoms with E-state index in [9.17, 15) is 13.2 Å². The maximum absolute atomic E-state index is 12.4. The summed E-state index contributed by atoms with van der Waals surface area (Å²) >= 11 is 0. The fourth-order valence-electron chi connectivity index (χ4n) is 2.69. The van der Waals surface area contributed by atoms with Crippen molar-refractivity contribution in [2.45, 2.75) is 13.8 Å². The number of hydrogen-bond acceptors (Lipinski definition) is 4. The van der Waals surface area contributed by atoms with Gasteiger partial charge in [0.05, 0.1) is 5.75 Å². The fourth-order valence-corrected chi connectivity index (χ4v) is 4.03. The molecule has 1 saturated heterocycles. The van der Waals surface area contributed by atoms with Gasteiger partial charge >= 0.3 is 6.03 Å². The molecule has 0 unspecified atom stereocenters. The van der Waals surface area contributed by atoms with Crippen molar-refractivity contribution >= 4 is 21.7 Å². The summed E-state index contributed by atoms with van der Waals surface area (Å²) in [4.78, 5) is 13.5. The van der Waals surface area contributed by atoms with Gasteiger partial charge in [-0.25, -0.2) is 13.2 Å². The first-order chi connectivity index (χ1) is 11.4. The highest BCUT2D eigenvalue weighted by Crippen LogP contribution is 2.18. The quantitative estimate of drug-likeness (QED) is 0.790. The van der Waals surface area contributed by atoms with E-state index in [1.165, 1.54) is 9.87 Å². The minimum atomic E-state index is -3.34. The lowest BCUT2D eigenvalue weighted by Gasteiger charge is -2.35. The molecule has 0 spiro atoms. The standard InChI is InChI=1S/C16H26N4O3S/c1-3-17-16(21)18-7-12-24(22,23)20-10-8-19(9-11-20)15-6-4-5-14(2)13-15/h4-6,13H,3,7-12H2,1-2H3,(H2,17,18,21). The number of aryl methyl sites for hydroxylation is 1. The number of nitrogens with zero attached hydrogens (tertiary/aromatic N) is 2. The van der Waals surface area contributed by atoms with E-state index >= 15 is 0 Å². The lowest BCUT2D eigenvalue weighted by atomic mass is 10.2. The predicted molar refractivity (Wildman–Crippen MR) is 95.8 cm³/mol. The van der Waals surface area contributed by atoms with Crippen molar-refractivity contribution < 1.29 is 13.2 Å². The van der Waals surface area contributed by atoms with Crippen LogP contribution in [-0.2, 0) is 10.0 Å². The Kier molecular flexibility index (Phi) is 6.44. The van der Waals surface area contributed by atoms with Gasteiger partial charge in [-0.2, -0.15) is 4.31 Å². The number of sulfonamides is 1. The Morgan fingerprint density at radius 2 is 1.88 bits per heavy atom. The van der Waals surface area contributed by atoms with E-state index in [2.05, 4.69) is 21.6 Å². The number of anilines is 1. The number of carbonyl (C=O) groups is 1. The number of piperazine rings is 1. The molecule has 24 heavy (non-hydrogen) atoms. The molecular formula is C16H26N4O3S. The largest absolute Gasteiger partial charge is 0.369 e. The van der Waals surface area contributed by atoms with Gasteiger partial charge in [0.15, 0.2) is 0 Å². The van der Waals surface area contributed by atoms with Crippen LogP contribution < -0.4 is 15.5 Å². The molecule has 0 aromatic heterocycles.